The van der Waals surface area contributed by atoms with Gasteiger partial charge in [-0.05, 0) is 38.3 Å². The molecule has 23 heavy (non-hydrogen) atoms. The molecule has 0 unspecified atom stereocenters. The molecule has 1 aliphatic heterocycles. The first-order valence-corrected chi connectivity index (χ1v) is 8.47. The van der Waals surface area contributed by atoms with Crippen LogP contribution in [0.3, 0.4) is 0 Å². The van der Waals surface area contributed by atoms with Crippen LogP contribution in [0.4, 0.5) is 0 Å². The van der Waals surface area contributed by atoms with E-state index in [1.54, 1.807) is 13.3 Å². The van der Waals surface area contributed by atoms with Gasteiger partial charge in [0.05, 0.1) is 18.9 Å². The van der Waals surface area contributed by atoms with Crippen LogP contribution in [0.2, 0.25) is 0 Å². The van der Waals surface area contributed by atoms with E-state index in [0.29, 0.717) is 18.7 Å². The second kappa shape index (κ2) is 7.36. The van der Waals surface area contributed by atoms with E-state index in [1.165, 1.54) is 0 Å². The quantitative estimate of drug-likeness (QED) is 0.640. The molecule has 6 heteroatoms. The van der Waals surface area contributed by atoms with Crippen molar-refractivity contribution >= 4 is 5.96 Å². The zero-order chi connectivity index (χ0) is 16.1. The maximum Gasteiger partial charge on any atom is 0.191 e. The smallest absolute Gasteiger partial charge is 0.191 e. The second-order valence-electron chi connectivity index (χ2n) is 6.23. The van der Waals surface area contributed by atoms with Gasteiger partial charge in [0.2, 0.25) is 0 Å². The standard InChI is InChI=1S/C17H27N3O3/c1-3-22-15-11-14(17(15)6-9-21-10-7-17)20-16(18-2)19-12-13-5-4-8-23-13/h4-5,8,14-15H,3,6-7,9-12H2,1-2H3,(H2,18,19,20)/t14-,15+/m0/s1. The van der Waals surface area contributed by atoms with Crippen LogP contribution in [0.15, 0.2) is 27.8 Å². The molecular formula is C17H27N3O3. The molecule has 1 aliphatic carbocycles. The third-order valence-electron chi connectivity index (χ3n) is 5.12. The molecule has 2 fully saturated rings. The van der Waals surface area contributed by atoms with E-state index in [9.17, 15) is 0 Å². The van der Waals surface area contributed by atoms with Gasteiger partial charge in [0.25, 0.3) is 0 Å². The van der Waals surface area contributed by atoms with Gasteiger partial charge in [0.1, 0.15) is 5.76 Å². The number of hydrogen-bond acceptors (Lipinski definition) is 4. The number of nitrogens with zero attached hydrogens (tertiary/aromatic N) is 1. The fourth-order valence-electron chi connectivity index (χ4n) is 3.75. The van der Waals surface area contributed by atoms with Crippen LogP contribution in [0.1, 0.15) is 31.9 Å². The van der Waals surface area contributed by atoms with Crippen LogP contribution < -0.4 is 10.6 Å². The second-order valence-corrected chi connectivity index (χ2v) is 6.23. The fourth-order valence-corrected chi connectivity index (χ4v) is 3.75. The van der Waals surface area contributed by atoms with Crippen molar-refractivity contribution < 1.29 is 13.9 Å². The summed E-state index contributed by atoms with van der Waals surface area (Å²) in [4.78, 5) is 4.34. The predicted octanol–water partition coefficient (Wildman–Crippen LogP) is 1.92. The Bertz CT molecular complexity index is 509. The van der Waals surface area contributed by atoms with Crippen LogP contribution in [0.25, 0.3) is 0 Å². The van der Waals surface area contributed by atoms with Gasteiger partial charge in [-0.3, -0.25) is 4.99 Å². The molecule has 6 nitrogen and oxygen atoms in total. The van der Waals surface area contributed by atoms with Crippen molar-refractivity contribution in [3.05, 3.63) is 24.2 Å². The highest BCUT2D eigenvalue weighted by molar-refractivity contribution is 5.80. The Balaban J connectivity index is 1.59. The van der Waals surface area contributed by atoms with Crippen LogP contribution in [-0.2, 0) is 16.0 Å². The molecule has 1 spiro atoms. The summed E-state index contributed by atoms with van der Waals surface area (Å²) in [5, 5.41) is 6.89. The highest BCUT2D eigenvalue weighted by Crippen LogP contribution is 2.50. The molecule has 0 aromatic carbocycles. The van der Waals surface area contributed by atoms with Gasteiger partial charge in [-0.2, -0.15) is 0 Å². The van der Waals surface area contributed by atoms with Gasteiger partial charge in [-0.25, -0.2) is 0 Å². The minimum Gasteiger partial charge on any atom is -0.467 e. The predicted molar refractivity (Wildman–Crippen MR) is 88.3 cm³/mol. The Labute approximate surface area is 137 Å². The van der Waals surface area contributed by atoms with Crippen LogP contribution in [-0.4, -0.2) is 45.0 Å². The number of ether oxygens (including phenoxy) is 2. The molecule has 2 heterocycles. The molecule has 2 N–H and O–H groups in total. The number of aliphatic imine (C=N–C) groups is 1. The minimum atomic E-state index is 0.177. The Kier molecular flexibility index (Phi) is 5.23. The molecule has 128 valence electrons. The molecule has 2 atom stereocenters. The normalized spacial score (nSPS) is 26.8. The summed E-state index contributed by atoms with van der Waals surface area (Å²) >= 11 is 0. The highest BCUT2D eigenvalue weighted by atomic mass is 16.5. The van der Waals surface area contributed by atoms with E-state index in [-0.39, 0.29) is 5.41 Å². The molecule has 0 bridgehead atoms. The van der Waals surface area contributed by atoms with E-state index in [4.69, 9.17) is 13.9 Å². The molecule has 3 rings (SSSR count). The number of guanidine groups is 1. The SMILES string of the molecule is CCO[C@@H]1C[C@H](NC(=NC)NCc2ccco2)C12CCOCC2. The zero-order valence-corrected chi connectivity index (χ0v) is 14.0. The van der Waals surface area contributed by atoms with Gasteiger partial charge in [-0.15, -0.1) is 0 Å². The van der Waals surface area contributed by atoms with Crippen molar-refractivity contribution in [2.45, 2.75) is 44.9 Å². The van der Waals surface area contributed by atoms with E-state index >= 15 is 0 Å². The van der Waals surface area contributed by atoms with Crippen LogP contribution >= 0.6 is 0 Å². The van der Waals surface area contributed by atoms with Gasteiger partial charge >= 0.3 is 0 Å². The zero-order valence-electron chi connectivity index (χ0n) is 14.0. The third-order valence-corrected chi connectivity index (χ3v) is 5.12. The lowest BCUT2D eigenvalue weighted by atomic mass is 9.57. The Morgan fingerprint density at radius 3 is 2.91 bits per heavy atom. The minimum absolute atomic E-state index is 0.177. The lowest BCUT2D eigenvalue weighted by Gasteiger charge is -2.57. The summed E-state index contributed by atoms with van der Waals surface area (Å²) in [5.74, 6) is 1.71. The largest absolute Gasteiger partial charge is 0.467 e. The summed E-state index contributed by atoms with van der Waals surface area (Å²) in [6, 6.07) is 4.23. The average Bonchev–Trinajstić information content (AvgIpc) is 3.11. The van der Waals surface area contributed by atoms with Gasteiger partial charge in [0.15, 0.2) is 5.96 Å². The number of furan rings is 1. The Hall–Kier alpha value is -1.53. The van der Waals surface area contributed by atoms with Crippen molar-refractivity contribution in [3.63, 3.8) is 0 Å². The van der Waals surface area contributed by atoms with E-state index in [2.05, 4.69) is 22.5 Å². The van der Waals surface area contributed by atoms with Crippen LogP contribution in [0, 0.1) is 5.41 Å². The monoisotopic (exact) mass is 321 g/mol. The first kappa shape index (κ1) is 16.3. The lowest BCUT2D eigenvalue weighted by Crippen LogP contribution is -2.67. The Morgan fingerprint density at radius 2 is 2.26 bits per heavy atom. The summed E-state index contributed by atoms with van der Waals surface area (Å²) in [7, 11) is 1.80. The summed E-state index contributed by atoms with van der Waals surface area (Å²) < 4.78 is 16.9. The third kappa shape index (κ3) is 3.38. The van der Waals surface area contributed by atoms with E-state index in [0.717, 1.165) is 50.8 Å². The topological polar surface area (TPSA) is 68.0 Å². The highest BCUT2D eigenvalue weighted by Gasteiger charge is 2.56. The summed E-state index contributed by atoms with van der Waals surface area (Å²) in [6.45, 7) is 5.11. The summed E-state index contributed by atoms with van der Waals surface area (Å²) in [6.07, 6.45) is 5.13. The van der Waals surface area contributed by atoms with Crippen molar-refractivity contribution in [2.75, 3.05) is 26.9 Å². The first-order valence-electron chi connectivity index (χ1n) is 8.47. The van der Waals surface area contributed by atoms with Gasteiger partial charge in [-0.1, -0.05) is 0 Å². The molecule has 0 radical (unpaired) electrons. The van der Waals surface area contributed by atoms with Crippen LogP contribution in [0.5, 0.6) is 0 Å². The number of nitrogens with one attached hydrogen (secondary N) is 2. The van der Waals surface area contributed by atoms with Crippen molar-refractivity contribution in [3.8, 4) is 0 Å². The first-order chi connectivity index (χ1) is 11.3. The lowest BCUT2D eigenvalue weighted by molar-refractivity contribution is -0.169. The maximum absolute atomic E-state index is 5.96. The molecule has 0 amide bonds. The van der Waals surface area contributed by atoms with Gasteiger partial charge in [0, 0.05) is 38.3 Å². The average molecular weight is 321 g/mol. The maximum atomic E-state index is 5.96. The fraction of sp³-hybridized carbons (Fsp3) is 0.706. The van der Waals surface area contributed by atoms with Crippen molar-refractivity contribution in [1.29, 1.82) is 0 Å². The molecule has 2 aliphatic rings. The molecular weight excluding hydrogens is 294 g/mol. The summed E-state index contributed by atoms with van der Waals surface area (Å²) in [5.41, 5.74) is 0.177. The van der Waals surface area contributed by atoms with Crippen molar-refractivity contribution in [2.24, 2.45) is 10.4 Å². The van der Waals surface area contributed by atoms with Crippen molar-refractivity contribution in [1.82, 2.24) is 10.6 Å². The van der Waals surface area contributed by atoms with E-state index in [1.807, 2.05) is 12.1 Å². The molecule has 1 aromatic heterocycles. The Morgan fingerprint density at radius 1 is 1.43 bits per heavy atom. The molecule has 1 aromatic rings. The molecule has 1 saturated heterocycles. The molecule has 1 saturated carbocycles. The number of hydrogen-bond donors (Lipinski definition) is 2. The van der Waals surface area contributed by atoms with E-state index < -0.39 is 0 Å². The van der Waals surface area contributed by atoms with Gasteiger partial charge < -0.3 is 24.5 Å². The number of rotatable bonds is 5.